The molecule has 0 aromatic rings. The van der Waals surface area contributed by atoms with Crippen LogP contribution in [0.25, 0.3) is 0 Å². The first-order valence-electron chi connectivity index (χ1n) is 4.36. The molecule has 0 fully saturated rings. The van der Waals surface area contributed by atoms with E-state index in [2.05, 4.69) is 19.9 Å². The van der Waals surface area contributed by atoms with E-state index in [1.54, 1.807) is 0 Å². The van der Waals surface area contributed by atoms with Crippen LogP contribution < -0.4 is 0 Å². The van der Waals surface area contributed by atoms with Gasteiger partial charge in [0.2, 0.25) is 0 Å². The Balaban J connectivity index is 2.48. The van der Waals surface area contributed by atoms with Gasteiger partial charge in [-0.25, -0.2) is 0 Å². The summed E-state index contributed by atoms with van der Waals surface area (Å²) in [4.78, 5) is 10.6. The fourth-order valence-electron chi connectivity index (χ4n) is 1.37. The molecule has 2 nitrogen and oxygen atoms in total. The van der Waals surface area contributed by atoms with Crippen LogP contribution in [0.1, 0.15) is 33.6 Å². The molecule has 1 rings (SSSR count). The molecule has 0 spiro atoms. The van der Waals surface area contributed by atoms with Crippen LogP contribution >= 0.6 is 0 Å². The number of hydrogen-bond acceptors (Lipinski definition) is 2. The predicted octanol–water partition coefficient (Wildman–Crippen LogP) is 2.29. The number of esters is 1. The fourth-order valence-corrected chi connectivity index (χ4v) is 1.37. The first-order valence-corrected chi connectivity index (χ1v) is 4.36. The number of carbonyl (C=O) groups is 1. The van der Waals surface area contributed by atoms with E-state index in [1.807, 2.05) is 6.08 Å². The van der Waals surface area contributed by atoms with Crippen molar-refractivity contribution in [2.45, 2.75) is 39.7 Å². The summed E-state index contributed by atoms with van der Waals surface area (Å²) < 4.78 is 5.06. The Hall–Kier alpha value is -0.790. The Morgan fingerprint density at radius 3 is 2.67 bits per heavy atom. The molecular formula is C10H16O2. The summed E-state index contributed by atoms with van der Waals surface area (Å²) >= 11 is 0. The average Bonchev–Trinajstić information content (AvgIpc) is 1.93. The highest BCUT2D eigenvalue weighted by atomic mass is 16.5. The van der Waals surface area contributed by atoms with Gasteiger partial charge in [0, 0.05) is 6.92 Å². The number of allylic oxidation sites excluding steroid dienone is 1. The summed E-state index contributed by atoms with van der Waals surface area (Å²) in [6.45, 7) is 5.83. The van der Waals surface area contributed by atoms with E-state index in [-0.39, 0.29) is 17.5 Å². The third-order valence-electron chi connectivity index (χ3n) is 2.15. The molecule has 0 saturated carbocycles. The maximum absolute atomic E-state index is 10.6. The summed E-state index contributed by atoms with van der Waals surface area (Å²) in [6, 6.07) is 0. The molecular weight excluding hydrogens is 152 g/mol. The van der Waals surface area contributed by atoms with Gasteiger partial charge in [-0.05, 0) is 24.3 Å². The van der Waals surface area contributed by atoms with Crippen LogP contribution in [0.3, 0.4) is 0 Å². The first kappa shape index (κ1) is 9.30. The van der Waals surface area contributed by atoms with Gasteiger partial charge in [0.05, 0.1) is 0 Å². The highest BCUT2D eigenvalue weighted by Crippen LogP contribution is 2.30. The Morgan fingerprint density at radius 1 is 1.58 bits per heavy atom. The van der Waals surface area contributed by atoms with Crippen LogP contribution in [-0.2, 0) is 9.53 Å². The lowest BCUT2D eigenvalue weighted by Crippen LogP contribution is -2.22. The molecule has 0 amide bonds. The van der Waals surface area contributed by atoms with Crippen molar-refractivity contribution in [3.63, 3.8) is 0 Å². The Morgan fingerprint density at radius 2 is 2.25 bits per heavy atom. The molecule has 0 N–H and O–H groups in total. The van der Waals surface area contributed by atoms with Crippen molar-refractivity contribution in [2.75, 3.05) is 0 Å². The molecule has 1 aliphatic rings. The maximum atomic E-state index is 10.6. The zero-order chi connectivity index (χ0) is 9.19. The van der Waals surface area contributed by atoms with E-state index in [1.165, 1.54) is 6.92 Å². The molecule has 0 saturated heterocycles. The third kappa shape index (κ3) is 2.68. The second-order valence-electron chi connectivity index (χ2n) is 4.03. The standard InChI is InChI=1S/C10H16O2/c1-8(11)12-9-4-6-10(2,3)7-5-9/h4,6,9H,5,7H2,1-3H3. The van der Waals surface area contributed by atoms with Crippen LogP contribution in [0.15, 0.2) is 12.2 Å². The van der Waals surface area contributed by atoms with Gasteiger partial charge in [-0.3, -0.25) is 4.79 Å². The SMILES string of the molecule is CC(=O)OC1C=CC(C)(C)CC1. The summed E-state index contributed by atoms with van der Waals surface area (Å²) in [7, 11) is 0. The lowest BCUT2D eigenvalue weighted by atomic mass is 9.82. The molecule has 0 bridgehead atoms. The van der Waals surface area contributed by atoms with Crippen molar-refractivity contribution >= 4 is 5.97 Å². The topological polar surface area (TPSA) is 26.3 Å². The van der Waals surface area contributed by atoms with E-state index in [0.29, 0.717) is 0 Å². The van der Waals surface area contributed by atoms with Crippen molar-refractivity contribution in [1.82, 2.24) is 0 Å². The number of ether oxygens (including phenoxy) is 1. The molecule has 0 aromatic carbocycles. The molecule has 1 unspecified atom stereocenters. The van der Waals surface area contributed by atoms with Gasteiger partial charge in [-0.15, -0.1) is 0 Å². The van der Waals surface area contributed by atoms with Crippen molar-refractivity contribution in [3.05, 3.63) is 12.2 Å². The molecule has 1 atom stereocenters. The minimum Gasteiger partial charge on any atom is -0.458 e. The molecule has 0 aromatic heterocycles. The lowest BCUT2D eigenvalue weighted by Gasteiger charge is -2.27. The molecule has 68 valence electrons. The summed E-state index contributed by atoms with van der Waals surface area (Å²) in [5.74, 6) is -0.190. The molecule has 0 heterocycles. The van der Waals surface area contributed by atoms with Gasteiger partial charge in [-0.2, -0.15) is 0 Å². The second-order valence-corrected chi connectivity index (χ2v) is 4.03. The number of hydrogen-bond donors (Lipinski definition) is 0. The van der Waals surface area contributed by atoms with Gasteiger partial charge < -0.3 is 4.74 Å². The first-order chi connectivity index (χ1) is 5.49. The van der Waals surface area contributed by atoms with Crippen LogP contribution in [0.5, 0.6) is 0 Å². The van der Waals surface area contributed by atoms with Gasteiger partial charge >= 0.3 is 5.97 Å². The predicted molar refractivity (Wildman–Crippen MR) is 47.7 cm³/mol. The summed E-state index contributed by atoms with van der Waals surface area (Å²) in [5.41, 5.74) is 0.274. The van der Waals surface area contributed by atoms with E-state index in [0.717, 1.165) is 12.8 Å². The highest BCUT2D eigenvalue weighted by Gasteiger charge is 2.22. The van der Waals surface area contributed by atoms with Crippen LogP contribution in [0.2, 0.25) is 0 Å². The summed E-state index contributed by atoms with van der Waals surface area (Å²) in [6.07, 6.45) is 6.16. The molecule has 0 aliphatic heterocycles. The average molecular weight is 168 g/mol. The monoisotopic (exact) mass is 168 g/mol. The van der Waals surface area contributed by atoms with E-state index in [9.17, 15) is 4.79 Å². The van der Waals surface area contributed by atoms with Gasteiger partial charge in [-0.1, -0.05) is 19.9 Å². The van der Waals surface area contributed by atoms with E-state index < -0.39 is 0 Å². The third-order valence-corrected chi connectivity index (χ3v) is 2.15. The molecule has 1 aliphatic carbocycles. The van der Waals surface area contributed by atoms with Gasteiger partial charge in [0.1, 0.15) is 6.10 Å². The minimum atomic E-state index is -0.190. The molecule has 12 heavy (non-hydrogen) atoms. The van der Waals surface area contributed by atoms with Crippen LogP contribution in [0, 0.1) is 5.41 Å². The second kappa shape index (κ2) is 3.30. The van der Waals surface area contributed by atoms with Crippen molar-refractivity contribution in [1.29, 1.82) is 0 Å². The fraction of sp³-hybridized carbons (Fsp3) is 0.700. The zero-order valence-corrected chi connectivity index (χ0v) is 7.96. The quantitative estimate of drug-likeness (QED) is 0.443. The summed E-state index contributed by atoms with van der Waals surface area (Å²) in [5, 5.41) is 0. The number of carbonyl (C=O) groups excluding carboxylic acids is 1. The normalized spacial score (nSPS) is 26.8. The van der Waals surface area contributed by atoms with Crippen LogP contribution in [0.4, 0.5) is 0 Å². The van der Waals surface area contributed by atoms with Crippen molar-refractivity contribution < 1.29 is 9.53 Å². The number of rotatable bonds is 1. The molecule has 2 heteroatoms. The van der Waals surface area contributed by atoms with E-state index >= 15 is 0 Å². The van der Waals surface area contributed by atoms with Gasteiger partial charge in [0.25, 0.3) is 0 Å². The largest absolute Gasteiger partial charge is 0.458 e. The zero-order valence-electron chi connectivity index (χ0n) is 7.96. The smallest absolute Gasteiger partial charge is 0.303 e. The van der Waals surface area contributed by atoms with Gasteiger partial charge in [0.15, 0.2) is 0 Å². The Labute approximate surface area is 73.6 Å². The minimum absolute atomic E-state index is 0.00975. The Kier molecular flexibility index (Phi) is 2.55. The Bertz CT molecular complexity index is 204. The van der Waals surface area contributed by atoms with E-state index in [4.69, 9.17) is 4.74 Å². The van der Waals surface area contributed by atoms with Crippen molar-refractivity contribution in [3.8, 4) is 0 Å². The van der Waals surface area contributed by atoms with Crippen LogP contribution in [-0.4, -0.2) is 12.1 Å². The maximum Gasteiger partial charge on any atom is 0.303 e. The highest BCUT2D eigenvalue weighted by molar-refractivity contribution is 5.66. The van der Waals surface area contributed by atoms with Crippen molar-refractivity contribution in [2.24, 2.45) is 5.41 Å². The lowest BCUT2D eigenvalue weighted by molar-refractivity contribution is -0.144. The molecule has 0 radical (unpaired) electrons.